The topological polar surface area (TPSA) is 87.9 Å². The molecule has 0 radical (unpaired) electrons. The van der Waals surface area contributed by atoms with Crippen LogP contribution >= 0.6 is 0 Å². The maximum absolute atomic E-state index is 13.0. The van der Waals surface area contributed by atoms with E-state index in [-0.39, 0.29) is 11.7 Å². The lowest BCUT2D eigenvalue weighted by Crippen LogP contribution is -2.40. The maximum Gasteiger partial charge on any atom is 0.257 e. The van der Waals surface area contributed by atoms with Crippen molar-refractivity contribution in [3.05, 3.63) is 53.9 Å². The molecule has 27 heavy (non-hydrogen) atoms. The first-order chi connectivity index (χ1) is 13.2. The Morgan fingerprint density at radius 3 is 2.96 bits per heavy atom. The molecule has 1 fully saturated rings. The van der Waals surface area contributed by atoms with Crippen molar-refractivity contribution < 1.29 is 13.7 Å². The zero-order valence-electron chi connectivity index (χ0n) is 14.8. The minimum absolute atomic E-state index is 0.0200. The highest BCUT2D eigenvalue weighted by atomic mass is 19.1. The van der Waals surface area contributed by atoms with E-state index in [9.17, 15) is 9.18 Å². The van der Waals surface area contributed by atoms with Gasteiger partial charge >= 0.3 is 0 Å². The quantitative estimate of drug-likeness (QED) is 0.747. The van der Waals surface area contributed by atoms with Gasteiger partial charge in [-0.2, -0.15) is 10.1 Å². The average molecular weight is 369 g/mol. The summed E-state index contributed by atoms with van der Waals surface area (Å²) in [5, 5.41) is 10.5. The van der Waals surface area contributed by atoms with Crippen molar-refractivity contribution in [3.8, 4) is 11.5 Å². The van der Waals surface area contributed by atoms with Crippen molar-refractivity contribution in [3.63, 3.8) is 0 Å². The van der Waals surface area contributed by atoms with Crippen LogP contribution in [-0.2, 0) is 6.42 Å². The number of hydrogen-bond donors (Lipinski definition) is 1. The third-order valence-corrected chi connectivity index (χ3v) is 4.89. The van der Waals surface area contributed by atoms with Crippen molar-refractivity contribution in [2.45, 2.75) is 25.7 Å². The molecule has 140 valence electrons. The Hall–Kier alpha value is -3.03. The van der Waals surface area contributed by atoms with E-state index in [2.05, 4.69) is 20.3 Å². The van der Waals surface area contributed by atoms with E-state index in [4.69, 9.17) is 4.52 Å². The number of piperidine rings is 1. The molecule has 0 saturated carbocycles. The first kappa shape index (κ1) is 17.4. The van der Waals surface area contributed by atoms with Gasteiger partial charge in [0.05, 0.1) is 11.8 Å². The molecule has 1 aliphatic heterocycles. The monoisotopic (exact) mass is 369 g/mol. The van der Waals surface area contributed by atoms with Gasteiger partial charge in [0.15, 0.2) is 5.82 Å². The third-order valence-electron chi connectivity index (χ3n) is 4.89. The van der Waals surface area contributed by atoms with Crippen LogP contribution in [0.5, 0.6) is 0 Å². The Kier molecular flexibility index (Phi) is 4.95. The van der Waals surface area contributed by atoms with Crippen LogP contribution in [0.1, 0.15) is 35.4 Å². The fourth-order valence-corrected chi connectivity index (χ4v) is 3.43. The van der Waals surface area contributed by atoms with Gasteiger partial charge in [0.2, 0.25) is 0 Å². The normalized spacial score (nSPS) is 17.2. The number of nitrogens with zero attached hydrogens (tertiary/aromatic N) is 4. The molecule has 3 aromatic rings. The summed E-state index contributed by atoms with van der Waals surface area (Å²) in [5.74, 6) is 1.15. The van der Waals surface area contributed by atoms with E-state index in [1.54, 1.807) is 24.5 Å². The zero-order chi connectivity index (χ0) is 18.6. The van der Waals surface area contributed by atoms with E-state index in [0.717, 1.165) is 32.4 Å². The van der Waals surface area contributed by atoms with E-state index in [0.29, 0.717) is 35.2 Å². The fraction of sp³-hybridized carbons (Fsp3) is 0.368. The predicted octanol–water partition coefficient (Wildman–Crippen LogP) is 3.08. The van der Waals surface area contributed by atoms with Crippen molar-refractivity contribution in [1.82, 2.24) is 25.2 Å². The SMILES string of the molecule is O=C(c1cn[nH]c1)N1CCCC(CCc2noc(-c3ccc(F)cc3)n2)C1. The smallest absolute Gasteiger partial charge is 0.257 e. The summed E-state index contributed by atoms with van der Waals surface area (Å²) >= 11 is 0. The standard InChI is InChI=1S/C19H20FN5O2/c20-16-6-4-14(5-7-16)18-23-17(24-27-18)8-3-13-2-1-9-25(12-13)19(26)15-10-21-22-11-15/h4-7,10-11,13H,1-3,8-9,12H2,(H,21,22). The summed E-state index contributed by atoms with van der Waals surface area (Å²) in [6.07, 6.45) is 6.82. The van der Waals surface area contributed by atoms with Crippen molar-refractivity contribution in [2.75, 3.05) is 13.1 Å². The number of aryl methyl sites for hydroxylation is 1. The van der Waals surface area contributed by atoms with Gasteiger partial charge in [-0.3, -0.25) is 9.89 Å². The number of benzene rings is 1. The number of nitrogens with one attached hydrogen (secondary N) is 1. The molecule has 1 N–H and O–H groups in total. The molecule has 1 amide bonds. The molecule has 0 aliphatic carbocycles. The van der Waals surface area contributed by atoms with Gasteiger partial charge < -0.3 is 9.42 Å². The number of carbonyl (C=O) groups excluding carboxylic acids is 1. The molecule has 7 nitrogen and oxygen atoms in total. The fourth-order valence-electron chi connectivity index (χ4n) is 3.43. The lowest BCUT2D eigenvalue weighted by molar-refractivity contribution is 0.0668. The van der Waals surface area contributed by atoms with E-state index >= 15 is 0 Å². The molecule has 0 spiro atoms. The first-order valence-electron chi connectivity index (χ1n) is 9.05. The Balaban J connectivity index is 1.33. The van der Waals surface area contributed by atoms with Crippen LogP contribution in [-0.4, -0.2) is 44.2 Å². The molecular weight excluding hydrogens is 349 g/mol. The second-order valence-electron chi connectivity index (χ2n) is 6.81. The molecule has 1 saturated heterocycles. The first-order valence-corrected chi connectivity index (χ1v) is 9.05. The van der Waals surface area contributed by atoms with Gasteiger partial charge in [0.1, 0.15) is 5.82 Å². The van der Waals surface area contributed by atoms with Gasteiger partial charge in [-0.15, -0.1) is 0 Å². The number of halogens is 1. The third kappa shape index (κ3) is 4.05. The maximum atomic E-state index is 13.0. The van der Waals surface area contributed by atoms with Gasteiger partial charge in [-0.25, -0.2) is 4.39 Å². The van der Waals surface area contributed by atoms with Crippen LogP contribution in [0.15, 0.2) is 41.2 Å². The summed E-state index contributed by atoms with van der Waals surface area (Å²) in [6.45, 7) is 1.50. The van der Waals surface area contributed by atoms with E-state index < -0.39 is 0 Å². The average Bonchev–Trinajstić information content (AvgIpc) is 3.39. The molecule has 1 unspecified atom stereocenters. The number of aromatic nitrogens is 4. The Morgan fingerprint density at radius 2 is 2.19 bits per heavy atom. The molecule has 2 aromatic heterocycles. The highest BCUT2D eigenvalue weighted by Gasteiger charge is 2.25. The minimum Gasteiger partial charge on any atom is -0.338 e. The van der Waals surface area contributed by atoms with Gasteiger partial charge in [-0.05, 0) is 49.4 Å². The number of aromatic amines is 1. The number of H-pyrrole nitrogens is 1. The highest BCUT2D eigenvalue weighted by molar-refractivity contribution is 5.93. The van der Waals surface area contributed by atoms with Crippen LogP contribution in [0.25, 0.3) is 11.5 Å². The zero-order valence-corrected chi connectivity index (χ0v) is 14.8. The molecule has 1 atom stereocenters. The minimum atomic E-state index is -0.301. The van der Waals surface area contributed by atoms with Crippen LogP contribution in [0.4, 0.5) is 4.39 Å². The Morgan fingerprint density at radius 1 is 1.33 bits per heavy atom. The lowest BCUT2D eigenvalue weighted by Gasteiger charge is -2.32. The largest absolute Gasteiger partial charge is 0.338 e. The molecule has 8 heteroatoms. The summed E-state index contributed by atoms with van der Waals surface area (Å²) in [6, 6.07) is 5.97. The van der Waals surface area contributed by atoms with Gasteiger partial charge in [0, 0.05) is 31.3 Å². The van der Waals surface area contributed by atoms with Gasteiger partial charge in [0.25, 0.3) is 11.8 Å². The molecule has 1 aliphatic rings. The number of rotatable bonds is 5. The van der Waals surface area contributed by atoms with Crippen LogP contribution in [0.3, 0.4) is 0 Å². The number of amides is 1. The highest BCUT2D eigenvalue weighted by Crippen LogP contribution is 2.23. The van der Waals surface area contributed by atoms with Crippen molar-refractivity contribution >= 4 is 5.91 Å². The molecule has 3 heterocycles. The molecular formula is C19H20FN5O2. The predicted molar refractivity (Wildman–Crippen MR) is 95.2 cm³/mol. The summed E-state index contributed by atoms with van der Waals surface area (Å²) in [5.41, 5.74) is 1.29. The second kappa shape index (κ2) is 7.69. The number of hydrogen-bond acceptors (Lipinski definition) is 5. The van der Waals surface area contributed by atoms with Crippen molar-refractivity contribution in [1.29, 1.82) is 0 Å². The summed E-state index contributed by atoms with van der Waals surface area (Å²) < 4.78 is 18.3. The summed E-state index contributed by atoms with van der Waals surface area (Å²) in [7, 11) is 0. The molecule has 0 bridgehead atoms. The summed E-state index contributed by atoms with van der Waals surface area (Å²) in [4.78, 5) is 18.7. The lowest BCUT2D eigenvalue weighted by atomic mass is 9.93. The number of likely N-dealkylation sites (tertiary alicyclic amines) is 1. The van der Waals surface area contributed by atoms with Crippen LogP contribution < -0.4 is 0 Å². The van der Waals surface area contributed by atoms with Crippen LogP contribution in [0.2, 0.25) is 0 Å². The van der Waals surface area contributed by atoms with Gasteiger partial charge in [-0.1, -0.05) is 5.16 Å². The Labute approximate surface area is 155 Å². The second-order valence-corrected chi connectivity index (χ2v) is 6.81. The number of carbonyl (C=O) groups is 1. The van der Waals surface area contributed by atoms with E-state index in [1.165, 1.54) is 12.1 Å². The Bertz CT molecular complexity index is 891. The van der Waals surface area contributed by atoms with Crippen molar-refractivity contribution in [2.24, 2.45) is 5.92 Å². The van der Waals surface area contributed by atoms with E-state index in [1.807, 2.05) is 4.90 Å². The molecule has 4 rings (SSSR count). The van der Waals surface area contributed by atoms with Crippen LogP contribution in [0, 0.1) is 11.7 Å². The molecule has 1 aromatic carbocycles.